The van der Waals surface area contributed by atoms with E-state index in [1.165, 1.54) is 6.07 Å². The van der Waals surface area contributed by atoms with E-state index in [2.05, 4.69) is 10.6 Å². The number of fused-ring (bicyclic) bond motifs is 1. The molecule has 1 unspecified atom stereocenters. The van der Waals surface area contributed by atoms with Crippen molar-refractivity contribution in [2.45, 2.75) is 18.9 Å². The van der Waals surface area contributed by atoms with Crippen LogP contribution in [0.25, 0.3) is 0 Å². The fourth-order valence-corrected chi connectivity index (χ4v) is 2.99. The van der Waals surface area contributed by atoms with Crippen LogP contribution in [0.1, 0.15) is 31.8 Å². The van der Waals surface area contributed by atoms with E-state index in [4.69, 9.17) is 4.65 Å². The molecule has 2 aromatic carbocycles. The summed E-state index contributed by atoms with van der Waals surface area (Å²) in [5.74, 6) is -1.98. The highest BCUT2D eigenvalue weighted by molar-refractivity contribution is 6.47. The summed E-state index contributed by atoms with van der Waals surface area (Å²) in [6, 6.07) is 11.9. The third kappa shape index (κ3) is 3.71. The lowest BCUT2D eigenvalue weighted by atomic mass is 9.72. The number of amides is 1. The minimum Gasteiger partial charge on any atom is -0.534 e. The summed E-state index contributed by atoms with van der Waals surface area (Å²) in [7, 11) is 0.498. The zero-order chi connectivity index (χ0) is 18.7. The van der Waals surface area contributed by atoms with E-state index in [1.54, 1.807) is 30.3 Å². The topological polar surface area (TPSA) is 108 Å². The van der Waals surface area contributed by atoms with Gasteiger partial charge in [-0.05, 0) is 42.8 Å². The Morgan fingerprint density at radius 3 is 2.77 bits per heavy atom. The average Bonchev–Trinajstić information content (AvgIpc) is 2.62. The molecule has 0 saturated carbocycles. The molecule has 2 aromatic rings. The number of hydrogen-bond donors (Lipinski definition) is 4. The Morgan fingerprint density at radius 1 is 1.27 bits per heavy atom. The maximum Gasteiger partial charge on any atom is 0.547 e. The number of aromatic carboxylic acids is 1. The molecule has 4 N–H and O–H groups in total. The molecule has 0 bridgehead atoms. The van der Waals surface area contributed by atoms with E-state index in [1.807, 2.05) is 13.1 Å². The third-order valence-corrected chi connectivity index (χ3v) is 4.24. The molecule has 1 atom stereocenters. The van der Waals surface area contributed by atoms with E-state index in [0.29, 0.717) is 17.7 Å². The van der Waals surface area contributed by atoms with Gasteiger partial charge in [0, 0.05) is 12.1 Å². The van der Waals surface area contributed by atoms with Crippen molar-refractivity contribution in [3.8, 4) is 5.75 Å². The highest BCUT2D eigenvalue weighted by atomic mass is 16.5. The Kier molecular flexibility index (Phi) is 5.25. The van der Waals surface area contributed by atoms with Gasteiger partial charge in [0.1, 0.15) is 5.75 Å². The molecule has 3 rings (SSSR count). The van der Waals surface area contributed by atoms with Gasteiger partial charge in [-0.2, -0.15) is 0 Å². The zero-order valence-corrected chi connectivity index (χ0v) is 14.2. The maximum absolute atomic E-state index is 12.5. The molecule has 1 aliphatic heterocycles. The fourth-order valence-electron chi connectivity index (χ4n) is 2.99. The first kappa shape index (κ1) is 18.0. The van der Waals surface area contributed by atoms with E-state index in [0.717, 1.165) is 5.56 Å². The van der Waals surface area contributed by atoms with Gasteiger partial charge in [0.2, 0.25) is 0 Å². The first-order valence-corrected chi connectivity index (χ1v) is 8.24. The zero-order valence-electron chi connectivity index (χ0n) is 14.2. The second kappa shape index (κ2) is 7.59. The number of carboxylic acids is 1. The van der Waals surface area contributed by atoms with Gasteiger partial charge in [0.15, 0.2) is 0 Å². The van der Waals surface area contributed by atoms with E-state index < -0.39 is 19.0 Å². The lowest BCUT2D eigenvalue weighted by Gasteiger charge is -2.28. The highest BCUT2D eigenvalue weighted by Gasteiger charge is 2.37. The third-order valence-electron chi connectivity index (χ3n) is 4.24. The van der Waals surface area contributed by atoms with Crippen molar-refractivity contribution in [3.05, 3.63) is 64.7 Å². The summed E-state index contributed by atoms with van der Waals surface area (Å²) in [4.78, 5) is 23.8. The molecular weight excluding hydrogens is 335 g/mol. The molecule has 26 heavy (non-hydrogen) atoms. The van der Waals surface area contributed by atoms with E-state index in [-0.39, 0.29) is 23.6 Å². The molecule has 1 aliphatic rings. The molecule has 0 aliphatic carbocycles. The Labute approximate surface area is 151 Å². The fraction of sp³-hybridized carbons (Fsp3) is 0.222. The van der Waals surface area contributed by atoms with Crippen molar-refractivity contribution in [2.75, 3.05) is 7.05 Å². The quantitative estimate of drug-likeness (QED) is 0.593. The number of carboxylic acid groups (broad SMARTS) is 1. The number of para-hydroxylation sites is 1. The Hall–Kier alpha value is -2.84. The molecule has 0 fully saturated rings. The molecule has 8 heteroatoms. The van der Waals surface area contributed by atoms with Gasteiger partial charge in [0.25, 0.3) is 5.91 Å². The van der Waals surface area contributed by atoms with Gasteiger partial charge in [-0.3, -0.25) is 4.79 Å². The molecule has 7 nitrogen and oxygen atoms in total. The lowest BCUT2D eigenvalue weighted by molar-refractivity contribution is 0.0693. The number of carbonyl (C=O) groups is 2. The monoisotopic (exact) mass is 354 g/mol. The summed E-state index contributed by atoms with van der Waals surface area (Å²) in [5, 5.41) is 25.2. The van der Waals surface area contributed by atoms with Crippen LogP contribution in [-0.4, -0.2) is 42.1 Å². The van der Waals surface area contributed by atoms with Crippen LogP contribution in [0.4, 0.5) is 0 Å². The summed E-state index contributed by atoms with van der Waals surface area (Å²) in [6.45, 7) is 0.641. The second-order valence-electron chi connectivity index (χ2n) is 6.12. The van der Waals surface area contributed by atoms with Gasteiger partial charge in [0.05, 0.1) is 11.5 Å². The first-order valence-electron chi connectivity index (χ1n) is 8.24. The predicted octanol–water partition coefficient (Wildman–Crippen LogP) is 0.857. The minimum atomic E-state index is -1.33. The maximum atomic E-state index is 12.5. The Morgan fingerprint density at radius 2 is 2.04 bits per heavy atom. The van der Waals surface area contributed by atoms with Gasteiger partial charge >= 0.3 is 13.1 Å². The normalized spacial score (nSPS) is 15.8. The van der Waals surface area contributed by atoms with Crippen LogP contribution in [0.2, 0.25) is 0 Å². The number of hydrogen-bond acceptors (Lipinski definition) is 5. The van der Waals surface area contributed by atoms with Gasteiger partial charge < -0.3 is 25.4 Å². The summed E-state index contributed by atoms with van der Waals surface area (Å²) >= 11 is 0. The van der Waals surface area contributed by atoms with Crippen molar-refractivity contribution in [1.82, 2.24) is 10.6 Å². The van der Waals surface area contributed by atoms with Crippen molar-refractivity contribution in [3.63, 3.8) is 0 Å². The Balaban J connectivity index is 1.77. The van der Waals surface area contributed by atoms with Crippen molar-refractivity contribution in [1.29, 1.82) is 0 Å². The molecule has 0 radical (unpaired) electrons. The molecule has 1 heterocycles. The molecule has 0 aromatic heterocycles. The average molecular weight is 354 g/mol. The largest absolute Gasteiger partial charge is 0.547 e. The van der Waals surface area contributed by atoms with Gasteiger partial charge in [-0.1, -0.05) is 24.3 Å². The van der Waals surface area contributed by atoms with Crippen LogP contribution in [0.15, 0.2) is 42.5 Å². The number of nitrogens with one attached hydrogen (secondary N) is 2. The molecule has 134 valence electrons. The summed E-state index contributed by atoms with van der Waals surface area (Å²) in [6.07, 6.45) is 0.277. The second-order valence-corrected chi connectivity index (χ2v) is 6.12. The summed E-state index contributed by atoms with van der Waals surface area (Å²) in [5.41, 5.74) is 2.07. The van der Waals surface area contributed by atoms with Crippen LogP contribution >= 0.6 is 0 Å². The van der Waals surface area contributed by atoms with E-state index in [9.17, 15) is 19.7 Å². The Bertz CT molecular complexity index is 842. The van der Waals surface area contributed by atoms with Crippen LogP contribution in [-0.2, 0) is 13.0 Å². The molecule has 0 saturated heterocycles. The molecule has 1 amide bonds. The van der Waals surface area contributed by atoms with Crippen molar-refractivity contribution >= 4 is 19.0 Å². The number of benzene rings is 2. The lowest BCUT2D eigenvalue weighted by Crippen LogP contribution is -2.53. The highest BCUT2D eigenvalue weighted by Crippen LogP contribution is 2.30. The number of rotatable bonds is 5. The van der Waals surface area contributed by atoms with E-state index >= 15 is 0 Å². The predicted molar refractivity (Wildman–Crippen MR) is 96.2 cm³/mol. The number of carbonyl (C=O) groups excluding carboxylic acids is 1. The summed E-state index contributed by atoms with van der Waals surface area (Å²) < 4.78 is 5.39. The molecular formula is C18H19BN2O5. The smallest absolute Gasteiger partial charge is 0.534 e. The standard InChI is InChI=1S/C18H19BN2O5/c1-20-10-11-4-2-6-13(8-11)17(22)21-15-9-12-5-3-7-14(18(23)24)16(12)26-19(15)25/h2-8,15,20,25H,9-10H2,1H3,(H,21,22)(H,23,24). The minimum absolute atomic E-state index is 0.00825. The SMILES string of the molecule is CNCc1cccc(C(=O)NC2Cc3cccc(C(=O)O)c3OB2O)c1. The van der Waals surface area contributed by atoms with Gasteiger partial charge in [-0.25, -0.2) is 4.79 Å². The van der Waals surface area contributed by atoms with Crippen molar-refractivity contribution in [2.24, 2.45) is 0 Å². The van der Waals surface area contributed by atoms with Crippen molar-refractivity contribution < 1.29 is 24.4 Å². The van der Waals surface area contributed by atoms with Gasteiger partial charge in [-0.15, -0.1) is 0 Å². The van der Waals surface area contributed by atoms with Crippen LogP contribution in [0.3, 0.4) is 0 Å². The van der Waals surface area contributed by atoms with Crippen LogP contribution in [0.5, 0.6) is 5.75 Å². The first-order chi connectivity index (χ1) is 12.5. The van der Waals surface area contributed by atoms with Crippen LogP contribution in [0, 0.1) is 0 Å². The van der Waals surface area contributed by atoms with Crippen LogP contribution < -0.4 is 15.3 Å². The molecule has 0 spiro atoms.